The number of hydrogen-bond acceptors (Lipinski definition) is 4. The van der Waals surface area contributed by atoms with Crippen LogP contribution in [0.15, 0.2) is 23.0 Å². The Morgan fingerprint density at radius 2 is 2.12 bits per heavy atom. The lowest BCUT2D eigenvalue weighted by molar-refractivity contribution is 0.0950. The molecule has 2 N–H and O–H groups in total. The summed E-state index contributed by atoms with van der Waals surface area (Å²) in [6, 6.07) is 5.39. The molecule has 142 valence electrons. The summed E-state index contributed by atoms with van der Waals surface area (Å²) in [6.45, 7) is 8.69. The summed E-state index contributed by atoms with van der Waals surface area (Å²) in [4.78, 5) is 29.4. The fraction of sp³-hybridized carbons (Fsp3) is 0.526. The van der Waals surface area contributed by atoms with Gasteiger partial charge in [-0.3, -0.25) is 14.3 Å². The molecule has 1 amide bonds. The van der Waals surface area contributed by atoms with E-state index in [2.05, 4.69) is 27.2 Å². The van der Waals surface area contributed by atoms with Crippen molar-refractivity contribution in [1.29, 1.82) is 0 Å². The van der Waals surface area contributed by atoms with Gasteiger partial charge in [-0.2, -0.15) is 5.10 Å². The quantitative estimate of drug-likeness (QED) is 0.716. The first-order valence-electron chi connectivity index (χ1n) is 9.10. The second-order valence-electron chi connectivity index (χ2n) is 6.72. The van der Waals surface area contributed by atoms with Crippen LogP contribution in [0.4, 0.5) is 0 Å². The number of carbonyl (C=O) groups excluding carboxylic acids is 1. The van der Waals surface area contributed by atoms with E-state index in [4.69, 9.17) is 0 Å². The molecule has 0 fully saturated rings. The van der Waals surface area contributed by atoms with Gasteiger partial charge in [0.25, 0.3) is 11.5 Å². The minimum Gasteiger partial charge on any atom is -0.350 e. The van der Waals surface area contributed by atoms with Crippen molar-refractivity contribution in [3.05, 3.63) is 51.2 Å². The van der Waals surface area contributed by atoms with Crippen LogP contribution in [-0.2, 0) is 13.1 Å². The Hall–Kier alpha value is -2.41. The highest BCUT2D eigenvalue weighted by atomic mass is 16.2. The van der Waals surface area contributed by atoms with Gasteiger partial charge in [0.05, 0.1) is 12.2 Å². The molecule has 0 spiro atoms. The lowest BCUT2D eigenvalue weighted by Crippen LogP contribution is -2.32. The number of amides is 1. The minimum absolute atomic E-state index is 0.137. The number of aryl methyl sites for hydroxylation is 2. The monoisotopic (exact) mass is 359 g/mol. The Kier molecular flexibility index (Phi) is 7.15. The summed E-state index contributed by atoms with van der Waals surface area (Å²) < 4.78 is 1.84. The second kappa shape index (κ2) is 9.33. The minimum atomic E-state index is -0.362. The summed E-state index contributed by atoms with van der Waals surface area (Å²) in [6.07, 6.45) is 2.26. The largest absolute Gasteiger partial charge is 0.350 e. The molecule has 0 aromatic carbocycles. The Morgan fingerprint density at radius 3 is 2.73 bits per heavy atom. The van der Waals surface area contributed by atoms with Crippen molar-refractivity contribution in [2.24, 2.45) is 0 Å². The molecule has 0 aliphatic carbocycles. The van der Waals surface area contributed by atoms with Gasteiger partial charge in [0.15, 0.2) is 0 Å². The number of aromatic amines is 1. The van der Waals surface area contributed by atoms with Crippen molar-refractivity contribution in [3.8, 4) is 0 Å². The summed E-state index contributed by atoms with van der Waals surface area (Å²) in [5.74, 6) is -0.362. The first-order chi connectivity index (χ1) is 12.4. The van der Waals surface area contributed by atoms with Crippen molar-refractivity contribution < 1.29 is 4.79 Å². The fourth-order valence-electron chi connectivity index (χ4n) is 2.86. The highest BCUT2D eigenvalue weighted by Crippen LogP contribution is 2.02. The van der Waals surface area contributed by atoms with Crippen molar-refractivity contribution in [3.63, 3.8) is 0 Å². The zero-order chi connectivity index (χ0) is 19.1. The van der Waals surface area contributed by atoms with E-state index in [0.29, 0.717) is 19.6 Å². The van der Waals surface area contributed by atoms with Gasteiger partial charge in [-0.05, 0) is 52.1 Å². The van der Waals surface area contributed by atoms with Crippen LogP contribution in [-0.4, -0.2) is 45.7 Å². The van der Waals surface area contributed by atoms with E-state index in [0.717, 1.165) is 36.5 Å². The molecule has 2 rings (SSSR count). The van der Waals surface area contributed by atoms with E-state index in [9.17, 15) is 9.59 Å². The van der Waals surface area contributed by atoms with Gasteiger partial charge in [0.2, 0.25) is 0 Å². The topological polar surface area (TPSA) is 83.0 Å². The number of H-pyrrole nitrogens is 1. The van der Waals surface area contributed by atoms with Crippen LogP contribution < -0.4 is 10.9 Å². The molecule has 0 radical (unpaired) electrons. The summed E-state index contributed by atoms with van der Waals surface area (Å²) in [5.41, 5.74) is 2.59. The van der Waals surface area contributed by atoms with Gasteiger partial charge in [0.1, 0.15) is 5.56 Å². The molecule has 0 saturated heterocycles. The molecule has 0 bridgehead atoms. The van der Waals surface area contributed by atoms with Crippen molar-refractivity contribution in [1.82, 2.24) is 25.0 Å². The first kappa shape index (κ1) is 19.9. The van der Waals surface area contributed by atoms with Crippen LogP contribution in [0.25, 0.3) is 0 Å². The molecular weight excluding hydrogens is 330 g/mol. The predicted octanol–water partition coefficient (Wildman–Crippen LogP) is 1.85. The Labute approximate surface area is 154 Å². The second-order valence-corrected chi connectivity index (χ2v) is 6.72. The highest BCUT2D eigenvalue weighted by molar-refractivity contribution is 5.93. The van der Waals surface area contributed by atoms with E-state index in [1.807, 2.05) is 31.6 Å². The maximum atomic E-state index is 12.2. The Morgan fingerprint density at radius 1 is 1.35 bits per heavy atom. The standard InChI is InChI=1S/C19H29N5O2/c1-5-6-10-23(4)13-16-7-8-17(19(26)21-16)18(25)20-9-11-24-15(3)12-14(2)22-24/h7-8,12H,5-6,9-11,13H2,1-4H3,(H,20,25)(H,21,26). The van der Waals surface area contributed by atoms with E-state index in [-0.39, 0.29) is 17.0 Å². The molecule has 0 aliphatic rings. The molecule has 0 saturated carbocycles. The number of carbonyl (C=O) groups is 1. The summed E-state index contributed by atoms with van der Waals surface area (Å²) in [5, 5.41) is 7.13. The maximum absolute atomic E-state index is 12.2. The van der Waals surface area contributed by atoms with Crippen molar-refractivity contribution in [2.45, 2.75) is 46.7 Å². The van der Waals surface area contributed by atoms with Gasteiger partial charge in [-0.25, -0.2) is 0 Å². The maximum Gasteiger partial charge on any atom is 0.261 e. The SMILES string of the molecule is CCCCN(C)Cc1ccc(C(=O)NCCn2nc(C)cc2C)c(=O)[nH]1. The number of nitrogens with one attached hydrogen (secondary N) is 2. The zero-order valence-corrected chi connectivity index (χ0v) is 16.1. The average molecular weight is 359 g/mol. The molecule has 2 aromatic heterocycles. The van der Waals surface area contributed by atoms with Gasteiger partial charge in [0, 0.05) is 24.5 Å². The van der Waals surface area contributed by atoms with Crippen LogP contribution in [0.5, 0.6) is 0 Å². The molecular formula is C19H29N5O2. The van der Waals surface area contributed by atoms with Crippen LogP contribution in [0.2, 0.25) is 0 Å². The molecule has 7 nitrogen and oxygen atoms in total. The van der Waals surface area contributed by atoms with Gasteiger partial charge < -0.3 is 15.2 Å². The fourth-order valence-corrected chi connectivity index (χ4v) is 2.86. The van der Waals surface area contributed by atoms with E-state index < -0.39 is 0 Å². The van der Waals surface area contributed by atoms with Gasteiger partial charge in [-0.1, -0.05) is 13.3 Å². The number of pyridine rings is 1. The van der Waals surface area contributed by atoms with Crippen LogP contribution >= 0.6 is 0 Å². The van der Waals surface area contributed by atoms with Crippen LogP contribution in [0.3, 0.4) is 0 Å². The average Bonchev–Trinajstić information content (AvgIpc) is 2.90. The molecule has 0 atom stereocenters. The Bertz CT molecular complexity index is 793. The molecule has 0 unspecified atom stereocenters. The molecule has 2 heterocycles. The van der Waals surface area contributed by atoms with Crippen LogP contribution in [0.1, 0.15) is 47.2 Å². The predicted molar refractivity (Wildman–Crippen MR) is 102 cm³/mol. The molecule has 0 aliphatic heterocycles. The number of nitrogens with zero attached hydrogens (tertiary/aromatic N) is 3. The van der Waals surface area contributed by atoms with Gasteiger partial charge >= 0.3 is 0 Å². The van der Waals surface area contributed by atoms with Crippen molar-refractivity contribution in [2.75, 3.05) is 20.1 Å². The normalized spacial score (nSPS) is 11.1. The first-order valence-corrected chi connectivity index (χ1v) is 9.10. The lowest BCUT2D eigenvalue weighted by Gasteiger charge is -2.16. The summed E-state index contributed by atoms with van der Waals surface area (Å²) >= 11 is 0. The summed E-state index contributed by atoms with van der Waals surface area (Å²) in [7, 11) is 2.02. The third-order valence-corrected chi connectivity index (χ3v) is 4.26. The van der Waals surface area contributed by atoms with Gasteiger partial charge in [-0.15, -0.1) is 0 Å². The highest BCUT2D eigenvalue weighted by Gasteiger charge is 2.11. The molecule has 7 heteroatoms. The Balaban J connectivity index is 1.90. The molecule has 26 heavy (non-hydrogen) atoms. The van der Waals surface area contributed by atoms with E-state index >= 15 is 0 Å². The number of hydrogen-bond donors (Lipinski definition) is 2. The van der Waals surface area contributed by atoms with Crippen LogP contribution in [0, 0.1) is 13.8 Å². The molecule has 2 aromatic rings. The number of rotatable bonds is 9. The number of aromatic nitrogens is 3. The third-order valence-electron chi connectivity index (χ3n) is 4.26. The number of unbranched alkanes of at least 4 members (excludes halogenated alkanes) is 1. The van der Waals surface area contributed by atoms with Crippen molar-refractivity contribution >= 4 is 5.91 Å². The third kappa shape index (κ3) is 5.56. The van der Waals surface area contributed by atoms with E-state index in [1.54, 1.807) is 12.1 Å². The zero-order valence-electron chi connectivity index (χ0n) is 16.1. The smallest absolute Gasteiger partial charge is 0.261 e. The lowest BCUT2D eigenvalue weighted by atomic mass is 10.2. The van der Waals surface area contributed by atoms with E-state index in [1.165, 1.54) is 0 Å².